The summed E-state index contributed by atoms with van der Waals surface area (Å²) in [6.07, 6.45) is -0.113. The molecule has 27 heavy (non-hydrogen) atoms. The SMILES string of the molecule is CCC(N(C)C)C1(c2c(O)c(O)c(Cl)c(O)c2O)C(O)(O)C(O)(O)C1(O)O. The van der Waals surface area contributed by atoms with E-state index >= 15 is 0 Å². The molecule has 1 unspecified atom stereocenters. The van der Waals surface area contributed by atoms with E-state index in [9.17, 15) is 51.1 Å². The molecule has 1 saturated carbocycles. The zero-order valence-electron chi connectivity index (χ0n) is 14.6. The summed E-state index contributed by atoms with van der Waals surface area (Å²) in [5.41, 5.74) is -4.20. The van der Waals surface area contributed by atoms with E-state index in [1.807, 2.05) is 0 Å². The zero-order chi connectivity index (χ0) is 21.3. The first-order chi connectivity index (χ1) is 12.1. The summed E-state index contributed by atoms with van der Waals surface area (Å²) >= 11 is 5.57. The predicted molar refractivity (Wildman–Crippen MR) is 89.1 cm³/mol. The van der Waals surface area contributed by atoms with E-state index in [0.29, 0.717) is 0 Å². The monoisotopic (exact) mass is 411 g/mol. The van der Waals surface area contributed by atoms with Crippen LogP contribution in [0.4, 0.5) is 0 Å². The fourth-order valence-corrected chi connectivity index (χ4v) is 4.23. The van der Waals surface area contributed by atoms with Gasteiger partial charge in [-0.3, -0.25) is 0 Å². The molecule has 0 heterocycles. The largest absolute Gasteiger partial charge is 0.504 e. The standard InChI is InChI=1S/C15H22ClNO10/c1-4-5(17(2)3)12(13(22,23)15(26,27)14(12,24)25)6-8(18)10(20)7(16)11(21)9(6)19/h5,18-27H,4H2,1-3H3. The number of phenols is 4. The molecule has 154 valence electrons. The van der Waals surface area contributed by atoms with Crippen molar-refractivity contribution in [3.05, 3.63) is 10.6 Å². The van der Waals surface area contributed by atoms with E-state index in [2.05, 4.69) is 0 Å². The smallest absolute Gasteiger partial charge is 0.276 e. The van der Waals surface area contributed by atoms with Gasteiger partial charge in [-0.25, -0.2) is 0 Å². The van der Waals surface area contributed by atoms with Crippen molar-refractivity contribution in [2.45, 2.75) is 42.2 Å². The molecular weight excluding hydrogens is 390 g/mol. The Morgan fingerprint density at radius 3 is 1.44 bits per heavy atom. The predicted octanol–water partition coefficient (Wildman–Crippen LogP) is -2.20. The molecule has 1 aromatic rings. The lowest BCUT2D eigenvalue weighted by Gasteiger charge is -2.69. The number of rotatable bonds is 4. The normalized spacial score (nSPS) is 23.1. The number of aliphatic hydroxyl groups is 6. The summed E-state index contributed by atoms with van der Waals surface area (Å²) in [7, 11) is 2.72. The highest BCUT2D eigenvalue weighted by molar-refractivity contribution is 6.34. The van der Waals surface area contributed by atoms with Gasteiger partial charge < -0.3 is 56.0 Å². The Balaban J connectivity index is 3.09. The molecule has 10 N–H and O–H groups in total. The Hall–Kier alpha value is -1.57. The maximum atomic E-state index is 10.5. The average Bonchev–Trinajstić information content (AvgIpc) is 2.56. The van der Waals surface area contributed by atoms with Crippen LogP contribution in [0.15, 0.2) is 0 Å². The van der Waals surface area contributed by atoms with Gasteiger partial charge in [-0.1, -0.05) is 18.5 Å². The molecule has 1 aromatic carbocycles. The third-order valence-corrected chi connectivity index (χ3v) is 5.67. The molecule has 0 aliphatic heterocycles. The highest BCUT2D eigenvalue weighted by Gasteiger charge is 2.92. The van der Waals surface area contributed by atoms with Crippen LogP contribution in [0.1, 0.15) is 18.9 Å². The van der Waals surface area contributed by atoms with Gasteiger partial charge in [-0.05, 0) is 20.5 Å². The van der Waals surface area contributed by atoms with Crippen molar-refractivity contribution in [2.24, 2.45) is 0 Å². The van der Waals surface area contributed by atoms with E-state index < -0.39 is 62.4 Å². The van der Waals surface area contributed by atoms with Gasteiger partial charge in [0.05, 0.1) is 5.56 Å². The number of aromatic hydroxyl groups is 4. The van der Waals surface area contributed by atoms with Crippen molar-refractivity contribution in [3.63, 3.8) is 0 Å². The minimum absolute atomic E-state index is 0.113. The minimum Gasteiger partial charge on any atom is -0.504 e. The second-order valence-electron chi connectivity index (χ2n) is 6.80. The van der Waals surface area contributed by atoms with Gasteiger partial charge in [0.1, 0.15) is 10.4 Å². The maximum Gasteiger partial charge on any atom is 0.276 e. The summed E-state index contributed by atoms with van der Waals surface area (Å²) in [4.78, 5) is 1.22. The van der Waals surface area contributed by atoms with Gasteiger partial charge in [-0.15, -0.1) is 0 Å². The molecule has 0 radical (unpaired) electrons. The fourth-order valence-electron chi connectivity index (χ4n) is 4.05. The molecule has 11 nitrogen and oxygen atoms in total. The molecule has 0 aromatic heterocycles. The van der Waals surface area contributed by atoms with Gasteiger partial charge in [0.25, 0.3) is 5.79 Å². The minimum atomic E-state index is -3.94. The van der Waals surface area contributed by atoms with Crippen LogP contribution >= 0.6 is 11.6 Å². The second-order valence-corrected chi connectivity index (χ2v) is 7.17. The van der Waals surface area contributed by atoms with Crippen LogP contribution < -0.4 is 0 Å². The lowest BCUT2D eigenvalue weighted by molar-refractivity contribution is -0.574. The highest BCUT2D eigenvalue weighted by atomic mass is 35.5. The van der Waals surface area contributed by atoms with Gasteiger partial charge in [0.15, 0.2) is 23.0 Å². The molecule has 2 rings (SSSR count). The molecule has 1 aliphatic carbocycles. The van der Waals surface area contributed by atoms with Crippen LogP contribution in [0.3, 0.4) is 0 Å². The molecule has 1 fully saturated rings. The molecule has 1 atom stereocenters. The third kappa shape index (κ3) is 2.10. The van der Waals surface area contributed by atoms with Crippen molar-refractivity contribution in [1.29, 1.82) is 0 Å². The Kier molecular flexibility index (Phi) is 4.80. The second kappa shape index (κ2) is 5.96. The molecule has 0 spiro atoms. The molecule has 0 saturated heterocycles. The van der Waals surface area contributed by atoms with Crippen molar-refractivity contribution < 1.29 is 51.1 Å². The number of phenolic OH excluding ortho intramolecular Hbond substituents is 4. The summed E-state index contributed by atoms with van der Waals surface area (Å²) in [6, 6.07) is -1.40. The first-order valence-electron chi connectivity index (χ1n) is 7.73. The maximum absolute atomic E-state index is 10.5. The first-order valence-corrected chi connectivity index (χ1v) is 8.11. The third-order valence-electron chi connectivity index (χ3n) is 5.31. The van der Waals surface area contributed by atoms with Gasteiger partial charge in [-0.2, -0.15) is 0 Å². The van der Waals surface area contributed by atoms with Crippen molar-refractivity contribution in [2.75, 3.05) is 14.1 Å². The van der Waals surface area contributed by atoms with Gasteiger partial charge >= 0.3 is 0 Å². The lowest BCUT2D eigenvalue weighted by atomic mass is 9.46. The number of likely N-dealkylation sites (N-methyl/N-ethyl adjacent to an activating group) is 1. The van der Waals surface area contributed by atoms with E-state index in [-0.39, 0.29) is 6.42 Å². The van der Waals surface area contributed by atoms with E-state index in [0.717, 1.165) is 0 Å². The fraction of sp³-hybridized carbons (Fsp3) is 0.600. The molecule has 0 bridgehead atoms. The number of nitrogens with zero attached hydrogens (tertiary/aromatic N) is 1. The number of benzene rings is 1. The Bertz CT molecular complexity index is 729. The number of halogens is 1. The van der Waals surface area contributed by atoms with Gasteiger partial charge in [0.2, 0.25) is 11.6 Å². The van der Waals surface area contributed by atoms with Crippen LogP contribution in [0.2, 0.25) is 5.02 Å². The molecular formula is C15H22ClNO10. The Morgan fingerprint density at radius 1 is 0.778 bits per heavy atom. The van der Waals surface area contributed by atoms with Gasteiger partial charge in [0, 0.05) is 6.04 Å². The molecule has 0 amide bonds. The van der Waals surface area contributed by atoms with Crippen LogP contribution in [-0.4, -0.2) is 93.5 Å². The quantitative estimate of drug-likeness (QED) is 0.146. The topological polar surface area (TPSA) is 206 Å². The molecule has 12 heteroatoms. The van der Waals surface area contributed by atoms with E-state index in [1.165, 1.54) is 25.9 Å². The Morgan fingerprint density at radius 2 is 1.15 bits per heavy atom. The van der Waals surface area contributed by atoms with Crippen LogP contribution in [0.25, 0.3) is 0 Å². The van der Waals surface area contributed by atoms with Crippen molar-refractivity contribution >= 4 is 11.6 Å². The summed E-state index contributed by atoms with van der Waals surface area (Å²) in [6.45, 7) is 1.46. The van der Waals surface area contributed by atoms with Crippen molar-refractivity contribution in [3.8, 4) is 23.0 Å². The van der Waals surface area contributed by atoms with Crippen LogP contribution in [0, 0.1) is 0 Å². The van der Waals surface area contributed by atoms with Crippen molar-refractivity contribution in [1.82, 2.24) is 4.90 Å². The summed E-state index contributed by atoms with van der Waals surface area (Å²) in [5.74, 6) is -16.6. The highest BCUT2D eigenvalue weighted by Crippen LogP contribution is 2.69. The zero-order valence-corrected chi connectivity index (χ0v) is 15.3. The summed E-state index contributed by atoms with van der Waals surface area (Å²) < 4.78 is 0. The lowest BCUT2D eigenvalue weighted by Crippen LogP contribution is -2.96. The average molecular weight is 412 g/mol. The van der Waals surface area contributed by atoms with Crippen LogP contribution in [0.5, 0.6) is 23.0 Å². The Labute approximate surface area is 158 Å². The number of hydrogen-bond donors (Lipinski definition) is 10. The van der Waals surface area contributed by atoms with E-state index in [4.69, 9.17) is 11.6 Å². The number of hydrogen-bond acceptors (Lipinski definition) is 11. The summed E-state index contributed by atoms with van der Waals surface area (Å²) in [5, 5.41) is 101. The first kappa shape index (κ1) is 21.7. The van der Waals surface area contributed by atoms with E-state index in [1.54, 1.807) is 0 Å². The molecule has 1 aliphatic rings. The van der Waals surface area contributed by atoms with Crippen LogP contribution in [-0.2, 0) is 5.41 Å².